The average molecular weight is 157 g/mol. The van der Waals surface area contributed by atoms with Crippen LogP contribution >= 0.6 is 0 Å². The SMILES string of the molecule is CCCCC(C)[C@@H](C)CNC. The normalized spacial score (nSPS) is 16.4. The zero-order valence-electron chi connectivity index (χ0n) is 8.48. The van der Waals surface area contributed by atoms with Crippen LogP contribution in [0.1, 0.15) is 40.0 Å². The van der Waals surface area contributed by atoms with Gasteiger partial charge in [-0.1, -0.05) is 40.0 Å². The lowest BCUT2D eigenvalue weighted by Crippen LogP contribution is -2.21. The Bertz CT molecular complexity index is 80.9. The average Bonchev–Trinajstić information content (AvgIpc) is 2.00. The summed E-state index contributed by atoms with van der Waals surface area (Å²) in [7, 11) is 2.03. The molecule has 0 saturated carbocycles. The number of unbranched alkanes of at least 4 members (excludes halogenated alkanes) is 1. The van der Waals surface area contributed by atoms with Crippen LogP contribution in [0, 0.1) is 11.8 Å². The van der Waals surface area contributed by atoms with Crippen molar-refractivity contribution in [2.75, 3.05) is 13.6 Å². The van der Waals surface area contributed by atoms with Crippen molar-refractivity contribution >= 4 is 0 Å². The van der Waals surface area contributed by atoms with Gasteiger partial charge in [-0.25, -0.2) is 0 Å². The van der Waals surface area contributed by atoms with Gasteiger partial charge < -0.3 is 5.32 Å². The Morgan fingerprint density at radius 3 is 2.27 bits per heavy atom. The molecule has 0 fully saturated rings. The monoisotopic (exact) mass is 157 g/mol. The third-order valence-corrected chi connectivity index (χ3v) is 2.51. The molecule has 2 atom stereocenters. The van der Waals surface area contributed by atoms with Crippen molar-refractivity contribution in [3.8, 4) is 0 Å². The minimum absolute atomic E-state index is 0.826. The van der Waals surface area contributed by atoms with Crippen LogP contribution in [-0.2, 0) is 0 Å². The third-order valence-electron chi connectivity index (χ3n) is 2.51. The molecule has 0 aromatic carbocycles. The Hall–Kier alpha value is -0.0400. The lowest BCUT2D eigenvalue weighted by atomic mass is 9.91. The summed E-state index contributed by atoms with van der Waals surface area (Å²) in [6.45, 7) is 8.11. The maximum atomic E-state index is 3.22. The summed E-state index contributed by atoms with van der Waals surface area (Å²) in [5.74, 6) is 1.70. The molecule has 0 aliphatic carbocycles. The van der Waals surface area contributed by atoms with Gasteiger partial charge in [0.2, 0.25) is 0 Å². The van der Waals surface area contributed by atoms with Gasteiger partial charge in [0.1, 0.15) is 0 Å². The number of rotatable bonds is 6. The van der Waals surface area contributed by atoms with Crippen molar-refractivity contribution in [3.05, 3.63) is 0 Å². The number of hydrogen-bond donors (Lipinski definition) is 1. The van der Waals surface area contributed by atoms with Crippen molar-refractivity contribution in [2.45, 2.75) is 40.0 Å². The lowest BCUT2D eigenvalue weighted by molar-refractivity contribution is 0.347. The van der Waals surface area contributed by atoms with Gasteiger partial charge in [0.05, 0.1) is 0 Å². The summed E-state index contributed by atoms with van der Waals surface area (Å²) < 4.78 is 0. The van der Waals surface area contributed by atoms with Crippen LogP contribution in [0.3, 0.4) is 0 Å². The van der Waals surface area contributed by atoms with E-state index in [1.807, 2.05) is 7.05 Å². The Morgan fingerprint density at radius 1 is 1.18 bits per heavy atom. The van der Waals surface area contributed by atoms with E-state index in [9.17, 15) is 0 Å². The fourth-order valence-corrected chi connectivity index (χ4v) is 1.33. The quantitative estimate of drug-likeness (QED) is 0.625. The molecule has 1 heteroatoms. The molecule has 0 aromatic rings. The van der Waals surface area contributed by atoms with Crippen molar-refractivity contribution in [2.24, 2.45) is 11.8 Å². The Balaban J connectivity index is 3.38. The Kier molecular flexibility index (Phi) is 6.63. The number of hydrogen-bond acceptors (Lipinski definition) is 1. The van der Waals surface area contributed by atoms with Crippen LogP contribution in [0.2, 0.25) is 0 Å². The van der Waals surface area contributed by atoms with E-state index in [0.29, 0.717) is 0 Å². The maximum Gasteiger partial charge on any atom is -0.00236 e. The molecule has 0 radical (unpaired) electrons. The van der Waals surface area contributed by atoms with E-state index >= 15 is 0 Å². The smallest absolute Gasteiger partial charge is 0.00236 e. The molecule has 0 bridgehead atoms. The minimum atomic E-state index is 0.826. The van der Waals surface area contributed by atoms with Crippen molar-refractivity contribution in [1.82, 2.24) is 5.32 Å². The summed E-state index contributed by atoms with van der Waals surface area (Å²) in [4.78, 5) is 0. The molecule has 0 amide bonds. The second kappa shape index (κ2) is 6.66. The molecule has 1 nitrogen and oxygen atoms in total. The summed E-state index contributed by atoms with van der Waals surface area (Å²) in [6, 6.07) is 0. The van der Waals surface area contributed by atoms with Gasteiger partial charge in [-0.05, 0) is 25.4 Å². The van der Waals surface area contributed by atoms with Crippen LogP contribution in [-0.4, -0.2) is 13.6 Å². The predicted molar refractivity (Wildman–Crippen MR) is 51.8 cm³/mol. The van der Waals surface area contributed by atoms with Crippen molar-refractivity contribution in [1.29, 1.82) is 0 Å². The van der Waals surface area contributed by atoms with E-state index in [1.54, 1.807) is 0 Å². The molecule has 0 aliphatic rings. The third kappa shape index (κ3) is 5.25. The van der Waals surface area contributed by atoms with E-state index in [2.05, 4.69) is 26.1 Å². The molecule has 0 aliphatic heterocycles. The first kappa shape index (κ1) is 11.0. The highest BCUT2D eigenvalue weighted by atomic mass is 14.8. The van der Waals surface area contributed by atoms with Gasteiger partial charge in [-0.3, -0.25) is 0 Å². The molecular formula is C10H23N. The minimum Gasteiger partial charge on any atom is -0.319 e. The fourth-order valence-electron chi connectivity index (χ4n) is 1.33. The molecule has 1 unspecified atom stereocenters. The Morgan fingerprint density at radius 2 is 1.82 bits per heavy atom. The first-order valence-corrected chi connectivity index (χ1v) is 4.87. The first-order valence-electron chi connectivity index (χ1n) is 4.87. The lowest BCUT2D eigenvalue weighted by Gasteiger charge is -2.18. The highest BCUT2D eigenvalue weighted by molar-refractivity contribution is 4.63. The summed E-state index contributed by atoms with van der Waals surface area (Å²) in [5, 5.41) is 3.22. The predicted octanol–water partition coefficient (Wildman–Crippen LogP) is 2.67. The van der Waals surface area contributed by atoms with Gasteiger partial charge in [-0.15, -0.1) is 0 Å². The van der Waals surface area contributed by atoms with E-state index in [1.165, 1.54) is 19.3 Å². The molecule has 11 heavy (non-hydrogen) atoms. The van der Waals surface area contributed by atoms with Crippen molar-refractivity contribution < 1.29 is 0 Å². The van der Waals surface area contributed by atoms with Gasteiger partial charge in [0.25, 0.3) is 0 Å². The second-order valence-electron chi connectivity index (χ2n) is 3.65. The topological polar surface area (TPSA) is 12.0 Å². The molecule has 68 valence electrons. The fraction of sp³-hybridized carbons (Fsp3) is 1.00. The van der Waals surface area contributed by atoms with Gasteiger partial charge in [0.15, 0.2) is 0 Å². The van der Waals surface area contributed by atoms with Gasteiger partial charge in [-0.2, -0.15) is 0 Å². The van der Waals surface area contributed by atoms with Gasteiger partial charge >= 0.3 is 0 Å². The highest BCUT2D eigenvalue weighted by Crippen LogP contribution is 2.16. The van der Waals surface area contributed by atoms with Crippen LogP contribution in [0.15, 0.2) is 0 Å². The summed E-state index contributed by atoms with van der Waals surface area (Å²) in [6.07, 6.45) is 4.10. The molecule has 0 rings (SSSR count). The van der Waals surface area contributed by atoms with Crippen LogP contribution in [0.25, 0.3) is 0 Å². The molecular weight excluding hydrogens is 134 g/mol. The maximum absolute atomic E-state index is 3.22. The zero-order chi connectivity index (χ0) is 8.69. The number of nitrogens with one attached hydrogen (secondary N) is 1. The molecule has 0 saturated heterocycles. The van der Waals surface area contributed by atoms with Gasteiger partial charge in [0, 0.05) is 0 Å². The van der Waals surface area contributed by atoms with Crippen LogP contribution in [0.5, 0.6) is 0 Å². The first-order chi connectivity index (χ1) is 5.22. The Labute approximate surface area is 71.6 Å². The standard InChI is InChI=1S/C10H23N/c1-5-6-7-9(2)10(3)8-11-4/h9-11H,5-8H2,1-4H3/t9?,10-/m0/s1. The highest BCUT2D eigenvalue weighted by Gasteiger charge is 2.09. The molecule has 0 spiro atoms. The molecule has 0 aromatic heterocycles. The summed E-state index contributed by atoms with van der Waals surface area (Å²) >= 11 is 0. The van der Waals surface area contributed by atoms with Crippen LogP contribution in [0.4, 0.5) is 0 Å². The van der Waals surface area contributed by atoms with Crippen LogP contribution < -0.4 is 5.32 Å². The van der Waals surface area contributed by atoms with Crippen molar-refractivity contribution in [3.63, 3.8) is 0 Å². The van der Waals surface area contributed by atoms with E-state index in [-0.39, 0.29) is 0 Å². The largest absolute Gasteiger partial charge is 0.319 e. The van der Waals surface area contributed by atoms with E-state index in [4.69, 9.17) is 0 Å². The zero-order valence-corrected chi connectivity index (χ0v) is 8.48. The molecule has 1 N–H and O–H groups in total. The van der Waals surface area contributed by atoms with E-state index in [0.717, 1.165) is 18.4 Å². The molecule has 0 heterocycles. The second-order valence-corrected chi connectivity index (χ2v) is 3.65. The van der Waals surface area contributed by atoms with E-state index < -0.39 is 0 Å². The summed E-state index contributed by atoms with van der Waals surface area (Å²) in [5.41, 5.74) is 0.